The van der Waals surface area contributed by atoms with Gasteiger partial charge in [0.1, 0.15) is 10.8 Å². The van der Waals surface area contributed by atoms with Crippen molar-refractivity contribution in [3.8, 4) is 0 Å². The molecule has 0 aliphatic carbocycles. The van der Waals surface area contributed by atoms with E-state index in [1.165, 1.54) is 0 Å². The van der Waals surface area contributed by atoms with Crippen molar-refractivity contribution in [3.63, 3.8) is 0 Å². The van der Waals surface area contributed by atoms with E-state index in [1.807, 2.05) is 33.8 Å². The fourth-order valence-electron chi connectivity index (χ4n) is 2.58. The minimum absolute atomic E-state index is 0.156. The van der Waals surface area contributed by atoms with Crippen LogP contribution in [-0.2, 0) is 4.74 Å². The summed E-state index contributed by atoms with van der Waals surface area (Å²) in [6, 6.07) is 2.15. The average Bonchev–Trinajstić information content (AvgIpc) is 2.41. The molecule has 122 valence electrons. The molecule has 0 unspecified atom stereocenters. The Hall–Kier alpha value is -1.49. The van der Waals surface area contributed by atoms with Gasteiger partial charge in [0.2, 0.25) is 0 Å². The van der Waals surface area contributed by atoms with E-state index in [-0.39, 0.29) is 12.1 Å². The van der Waals surface area contributed by atoms with Gasteiger partial charge < -0.3 is 15.0 Å². The number of halogens is 1. The Labute approximate surface area is 137 Å². The average molecular weight is 326 g/mol. The number of rotatable bonds is 2. The Bertz CT molecular complexity index is 535. The second-order valence-electron chi connectivity index (χ2n) is 6.65. The van der Waals surface area contributed by atoms with Crippen LogP contribution in [0.5, 0.6) is 0 Å². The highest BCUT2D eigenvalue weighted by atomic mass is 35.5. The summed E-state index contributed by atoms with van der Waals surface area (Å²) in [4.78, 5) is 18.2. The number of carbonyl (C=O) groups excluding carboxylic acids is 1. The van der Waals surface area contributed by atoms with Crippen LogP contribution < -0.4 is 10.2 Å². The van der Waals surface area contributed by atoms with Gasteiger partial charge in [0, 0.05) is 36.6 Å². The molecular formula is C16H24ClN3O2. The summed E-state index contributed by atoms with van der Waals surface area (Å²) < 4.78 is 5.30. The van der Waals surface area contributed by atoms with Crippen LogP contribution >= 0.6 is 11.6 Å². The maximum Gasteiger partial charge on any atom is 0.407 e. The molecule has 1 saturated heterocycles. The number of carbonyl (C=O) groups is 1. The Morgan fingerprint density at radius 1 is 1.41 bits per heavy atom. The van der Waals surface area contributed by atoms with Crippen molar-refractivity contribution in [2.75, 3.05) is 18.0 Å². The van der Waals surface area contributed by atoms with Crippen LogP contribution in [0.3, 0.4) is 0 Å². The zero-order chi connectivity index (χ0) is 16.3. The van der Waals surface area contributed by atoms with E-state index in [2.05, 4.69) is 15.2 Å². The zero-order valence-electron chi connectivity index (χ0n) is 13.6. The lowest BCUT2D eigenvalue weighted by atomic mass is 10.0. The smallest absolute Gasteiger partial charge is 0.407 e. The number of anilines is 1. The predicted molar refractivity (Wildman–Crippen MR) is 88.6 cm³/mol. The molecule has 0 radical (unpaired) electrons. The summed E-state index contributed by atoms with van der Waals surface area (Å²) >= 11 is 6.08. The minimum Gasteiger partial charge on any atom is -0.444 e. The maximum absolute atomic E-state index is 11.8. The molecule has 0 spiro atoms. The highest BCUT2D eigenvalue weighted by Crippen LogP contribution is 2.27. The first-order chi connectivity index (χ1) is 10.3. The molecule has 1 aliphatic heterocycles. The lowest BCUT2D eigenvalue weighted by Gasteiger charge is -2.35. The number of aromatic nitrogens is 1. The highest BCUT2D eigenvalue weighted by molar-refractivity contribution is 6.30. The van der Waals surface area contributed by atoms with Crippen LogP contribution in [0.15, 0.2) is 12.3 Å². The number of hydrogen-bond acceptors (Lipinski definition) is 4. The largest absolute Gasteiger partial charge is 0.444 e. The number of piperidine rings is 1. The first-order valence-corrected chi connectivity index (χ1v) is 7.99. The first-order valence-electron chi connectivity index (χ1n) is 7.62. The Balaban J connectivity index is 1.88. The topological polar surface area (TPSA) is 54.5 Å². The van der Waals surface area contributed by atoms with Crippen molar-refractivity contribution in [1.82, 2.24) is 10.3 Å². The van der Waals surface area contributed by atoms with E-state index in [1.54, 1.807) is 6.20 Å². The third kappa shape index (κ3) is 4.50. The fourth-order valence-corrected chi connectivity index (χ4v) is 2.74. The number of ether oxygens (including phenoxy) is 1. The van der Waals surface area contributed by atoms with Gasteiger partial charge >= 0.3 is 6.09 Å². The summed E-state index contributed by atoms with van der Waals surface area (Å²) in [5.74, 6) is 0. The molecule has 1 aromatic heterocycles. The maximum atomic E-state index is 11.8. The number of alkyl carbamates (subject to hydrolysis) is 1. The van der Waals surface area contributed by atoms with Crippen LogP contribution in [0.25, 0.3) is 0 Å². The number of nitrogens with one attached hydrogen (secondary N) is 1. The van der Waals surface area contributed by atoms with Crippen LogP contribution in [-0.4, -0.2) is 35.8 Å². The Morgan fingerprint density at radius 2 is 2.05 bits per heavy atom. The second-order valence-corrected chi connectivity index (χ2v) is 7.01. The molecule has 2 heterocycles. The molecule has 1 amide bonds. The summed E-state index contributed by atoms with van der Waals surface area (Å²) in [6.45, 7) is 9.33. The van der Waals surface area contributed by atoms with Gasteiger partial charge in [-0.3, -0.25) is 0 Å². The molecule has 2 rings (SSSR count). The highest BCUT2D eigenvalue weighted by Gasteiger charge is 2.24. The fraction of sp³-hybridized carbons (Fsp3) is 0.625. The number of amides is 1. The van der Waals surface area contributed by atoms with E-state index >= 15 is 0 Å². The molecule has 1 fully saturated rings. The molecule has 22 heavy (non-hydrogen) atoms. The summed E-state index contributed by atoms with van der Waals surface area (Å²) in [7, 11) is 0. The summed E-state index contributed by atoms with van der Waals surface area (Å²) in [5.41, 5.74) is 1.66. The first kappa shape index (κ1) is 16.9. The molecule has 5 nitrogen and oxygen atoms in total. The molecule has 1 N–H and O–H groups in total. The van der Waals surface area contributed by atoms with Crippen molar-refractivity contribution in [1.29, 1.82) is 0 Å². The van der Waals surface area contributed by atoms with Gasteiger partial charge in [0.15, 0.2) is 0 Å². The van der Waals surface area contributed by atoms with Crippen LogP contribution in [0.2, 0.25) is 5.15 Å². The van der Waals surface area contributed by atoms with Gasteiger partial charge in [-0.15, -0.1) is 0 Å². The van der Waals surface area contributed by atoms with Gasteiger partial charge in [0.05, 0.1) is 0 Å². The Kier molecular flexibility index (Phi) is 5.16. The van der Waals surface area contributed by atoms with Gasteiger partial charge in [-0.25, -0.2) is 9.78 Å². The Morgan fingerprint density at radius 3 is 2.64 bits per heavy atom. The molecule has 1 aliphatic rings. The molecule has 6 heteroatoms. The van der Waals surface area contributed by atoms with Crippen molar-refractivity contribution in [3.05, 3.63) is 23.0 Å². The lowest BCUT2D eigenvalue weighted by Crippen LogP contribution is -2.46. The number of pyridine rings is 1. The molecule has 0 aromatic carbocycles. The van der Waals surface area contributed by atoms with Crippen LogP contribution in [0.4, 0.5) is 10.5 Å². The second kappa shape index (κ2) is 6.73. The van der Waals surface area contributed by atoms with Gasteiger partial charge in [0.25, 0.3) is 0 Å². The minimum atomic E-state index is -0.463. The number of hydrogen-bond donors (Lipinski definition) is 1. The van der Waals surface area contributed by atoms with Gasteiger partial charge in [-0.05, 0) is 46.6 Å². The molecular weight excluding hydrogens is 302 g/mol. The SMILES string of the molecule is Cc1c(N2CCC(NC(=O)OC(C)(C)C)CC2)ccnc1Cl. The van der Waals surface area contributed by atoms with Crippen LogP contribution in [0, 0.1) is 6.92 Å². The quantitative estimate of drug-likeness (QED) is 0.845. The molecule has 0 bridgehead atoms. The van der Waals surface area contributed by atoms with E-state index in [0.29, 0.717) is 5.15 Å². The van der Waals surface area contributed by atoms with Crippen molar-refractivity contribution in [2.24, 2.45) is 0 Å². The van der Waals surface area contributed by atoms with E-state index in [9.17, 15) is 4.79 Å². The summed E-state index contributed by atoms with van der Waals surface area (Å²) in [6.07, 6.45) is 3.17. The van der Waals surface area contributed by atoms with Crippen molar-refractivity contribution < 1.29 is 9.53 Å². The zero-order valence-corrected chi connectivity index (χ0v) is 14.4. The van der Waals surface area contributed by atoms with Gasteiger partial charge in [-0.2, -0.15) is 0 Å². The standard InChI is InChI=1S/C16H24ClN3O2/c1-11-13(5-8-18-14(11)17)20-9-6-12(7-10-20)19-15(21)22-16(2,3)4/h5,8,12H,6-7,9-10H2,1-4H3,(H,19,21). The van der Waals surface area contributed by atoms with Crippen LogP contribution in [0.1, 0.15) is 39.2 Å². The van der Waals surface area contributed by atoms with Crippen molar-refractivity contribution >= 4 is 23.4 Å². The molecule has 1 aromatic rings. The van der Waals surface area contributed by atoms with E-state index in [0.717, 1.165) is 37.2 Å². The van der Waals surface area contributed by atoms with E-state index in [4.69, 9.17) is 16.3 Å². The van der Waals surface area contributed by atoms with E-state index < -0.39 is 5.60 Å². The monoisotopic (exact) mass is 325 g/mol. The molecule has 0 saturated carbocycles. The third-order valence-corrected chi connectivity index (χ3v) is 4.05. The number of nitrogens with zero attached hydrogens (tertiary/aromatic N) is 2. The molecule has 0 atom stereocenters. The normalized spacial score (nSPS) is 16.5. The van der Waals surface area contributed by atoms with Gasteiger partial charge in [-0.1, -0.05) is 11.6 Å². The van der Waals surface area contributed by atoms with Crippen molar-refractivity contribution in [2.45, 2.75) is 52.2 Å². The third-order valence-electron chi connectivity index (χ3n) is 3.67. The lowest BCUT2D eigenvalue weighted by molar-refractivity contribution is 0.0497. The summed E-state index contributed by atoms with van der Waals surface area (Å²) in [5, 5.41) is 3.49. The predicted octanol–water partition coefficient (Wildman–Crippen LogP) is 3.54.